The van der Waals surface area contributed by atoms with E-state index in [4.69, 9.17) is 4.99 Å². The molecule has 1 amide bonds. The van der Waals surface area contributed by atoms with Crippen LogP contribution < -0.4 is 10.6 Å². The molecule has 0 bridgehead atoms. The first kappa shape index (κ1) is 20.5. The molecule has 3 heterocycles. The summed E-state index contributed by atoms with van der Waals surface area (Å²) >= 11 is 0. The van der Waals surface area contributed by atoms with Crippen LogP contribution >= 0.6 is 0 Å². The molecule has 7 nitrogen and oxygen atoms in total. The minimum Gasteiger partial charge on any atom is -0.312 e. The maximum absolute atomic E-state index is 12.9. The summed E-state index contributed by atoms with van der Waals surface area (Å²) in [6, 6.07) is 5.65. The van der Waals surface area contributed by atoms with Gasteiger partial charge in [-0.05, 0) is 49.5 Å². The Balaban J connectivity index is 1.28. The van der Waals surface area contributed by atoms with E-state index in [2.05, 4.69) is 10.6 Å². The van der Waals surface area contributed by atoms with Crippen molar-refractivity contribution in [1.82, 2.24) is 14.9 Å². The van der Waals surface area contributed by atoms with Gasteiger partial charge in [0.1, 0.15) is 11.4 Å². The topological polar surface area (TPSA) is 92.9 Å². The van der Waals surface area contributed by atoms with Crippen LogP contribution in [0.1, 0.15) is 56.1 Å². The van der Waals surface area contributed by atoms with Gasteiger partial charge in [-0.3, -0.25) is 15.1 Å². The second kappa shape index (κ2) is 7.91. The van der Waals surface area contributed by atoms with Crippen molar-refractivity contribution < 1.29 is 13.2 Å². The van der Waals surface area contributed by atoms with Gasteiger partial charge in [-0.25, -0.2) is 8.42 Å². The number of hydrogen-bond acceptors (Lipinski definition) is 4. The largest absolute Gasteiger partial charge is 0.312 e. The number of carbonyl (C=O) groups is 1. The normalized spacial score (nSPS) is 23.7. The summed E-state index contributed by atoms with van der Waals surface area (Å²) in [5.74, 6) is 1.11. The number of fused-ring (bicyclic) bond motifs is 1. The zero-order chi connectivity index (χ0) is 21.5. The average Bonchev–Trinajstić information content (AvgIpc) is 3.39. The zero-order valence-electron chi connectivity index (χ0n) is 17.5. The summed E-state index contributed by atoms with van der Waals surface area (Å²) < 4.78 is 27.3. The lowest BCUT2D eigenvalue weighted by atomic mass is 9.88. The lowest BCUT2D eigenvalue weighted by Gasteiger charge is -2.34. The van der Waals surface area contributed by atoms with Crippen LogP contribution in [0.2, 0.25) is 0 Å². The Morgan fingerprint density at radius 2 is 1.90 bits per heavy atom. The summed E-state index contributed by atoms with van der Waals surface area (Å²) in [7, 11) is -3.58. The van der Waals surface area contributed by atoms with Crippen LogP contribution in [0.3, 0.4) is 0 Å². The molecule has 31 heavy (non-hydrogen) atoms. The van der Waals surface area contributed by atoms with Gasteiger partial charge in [0.15, 0.2) is 0 Å². The van der Waals surface area contributed by atoms with Gasteiger partial charge in [-0.15, -0.1) is 0 Å². The van der Waals surface area contributed by atoms with Crippen molar-refractivity contribution in [1.29, 1.82) is 0 Å². The van der Waals surface area contributed by atoms with Crippen molar-refractivity contribution in [2.24, 2.45) is 10.9 Å². The maximum atomic E-state index is 12.9. The van der Waals surface area contributed by atoms with E-state index in [9.17, 15) is 13.2 Å². The highest BCUT2D eigenvalue weighted by atomic mass is 32.2. The number of nitrogens with one attached hydrogen (secondary N) is 1. The number of hydrogen-bond donors (Lipinski definition) is 1. The van der Waals surface area contributed by atoms with Gasteiger partial charge in [0.25, 0.3) is 5.91 Å². The van der Waals surface area contributed by atoms with Gasteiger partial charge in [0, 0.05) is 36.2 Å². The molecule has 1 aromatic rings. The molecule has 1 saturated carbocycles. The van der Waals surface area contributed by atoms with Crippen molar-refractivity contribution in [3.8, 4) is 0 Å². The zero-order valence-corrected chi connectivity index (χ0v) is 18.3. The minimum absolute atomic E-state index is 0.0592. The molecule has 3 aliphatic heterocycles. The average molecular weight is 440 g/mol. The van der Waals surface area contributed by atoms with Crippen LogP contribution in [-0.4, -0.2) is 43.1 Å². The Kier molecular flexibility index (Phi) is 5.22. The molecule has 1 radical (unpaired) electrons. The van der Waals surface area contributed by atoms with E-state index in [1.807, 2.05) is 24.3 Å². The molecular weight excluding hydrogens is 412 g/mol. The van der Waals surface area contributed by atoms with E-state index < -0.39 is 15.6 Å². The first-order valence-electron chi connectivity index (χ1n) is 11.1. The second-order valence-electron chi connectivity index (χ2n) is 8.79. The van der Waals surface area contributed by atoms with Crippen molar-refractivity contribution >= 4 is 39.6 Å². The molecule has 1 aromatic carbocycles. The number of nitrogens with zero attached hydrogens (tertiary/aromatic N) is 3. The molecule has 1 spiro atoms. The van der Waals surface area contributed by atoms with Crippen LogP contribution in [0.4, 0.5) is 5.69 Å². The number of amidine groups is 1. The summed E-state index contributed by atoms with van der Waals surface area (Å²) in [5.41, 5.74) is 1.80. The molecule has 2 fully saturated rings. The molecule has 0 atom stereocenters. The number of amides is 1. The first-order valence-corrected chi connectivity index (χ1v) is 12.6. The molecule has 5 rings (SSSR count). The number of aliphatic imine (C=N–C) groups is 1. The predicted octanol–water partition coefficient (Wildman–Crippen LogP) is 3.15. The highest BCUT2D eigenvalue weighted by Gasteiger charge is 2.48. The first-order chi connectivity index (χ1) is 15.0. The molecule has 8 heteroatoms. The Morgan fingerprint density at radius 1 is 1.13 bits per heavy atom. The summed E-state index contributed by atoms with van der Waals surface area (Å²) in [4.78, 5) is 17.6. The SMILES string of the molecule is O=C1NC(C2CCCCC2)=NC12CCN(S(=O)(=O)C=Cc1cccc3c1C=C[N]3)CC2. The predicted molar refractivity (Wildman–Crippen MR) is 121 cm³/mol. The Bertz CT molecular complexity index is 1080. The van der Waals surface area contributed by atoms with Gasteiger partial charge in [0.2, 0.25) is 10.0 Å². The molecule has 1 aliphatic carbocycles. The summed E-state index contributed by atoms with van der Waals surface area (Å²) in [5, 5.41) is 8.54. The molecule has 0 unspecified atom stereocenters. The van der Waals surface area contributed by atoms with Crippen molar-refractivity contribution in [2.45, 2.75) is 50.5 Å². The highest BCUT2D eigenvalue weighted by Crippen LogP contribution is 2.35. The number of benzene rings is 1. The Hall–Kier alpha value is -2.45. The molecule has 1 N–H and O–H groups in total. The van der Waals surface area contributed by atoms with Gasteiger partial charge in [-0.2, -0.15) is 4.31 Å². The van der Waals surface area contributed by atoms with Crippen molar-refractivity contribution in [3.63, 3.8) is 0 Å². The van der Waals surface area contributed by atoms with Crippen molar-refractivity contribution in [2.75, 3.05) is 13.1 Å². The van der Waals surface area contributed by atoms with Gasteiger partial charge in [0.05, 0.1) is 5.69 Å². The van der Waals surface area contributed by atoms with E-state index in [1.165, 1.54) is 29.0 Å². The molecule has 4 aliphatic rings. The third kappa shape index (κ3) is 3.83. The van der Waals surface area contributed by atoms with Crippen LogP contribution in [-0.2, 0) is 14.8 Å². The van der Waals surface area contributed by atoms with Crippen LogP contribution in [0.5, 0.6) is 0 Å². The third-order valence-electron chi connectivity index (χ3n) is 6.89. The highest BCUT2D eigenvalue weighted by molar-refractivity contribution is 7.92. The molecular formula is C23H27N4O3S. The monoisotopic (exact) mass is 439 g/mol. The second-order valence-corrected chi connectivity index (χ2v) is 10.6. The molecule has 163 valence electrons. The van der Waals surface area contributed by atoms with Crippen LogP contribution in [0.25, 0.3) is 12.2 Å². The van der Waals surface area contributed by atoms with E-state index in [0.29, 0.717) is 31.8 Å². The quantitative estimate of drug-likeness (QED) is 0.781. The lowest BCUT2D eigenvalue weighted by molar-refractivity contribution is -0.124. The molecule has 0 aromatic heterocycles. The van der Waals surface area contributed by atoms with Crippen LogP contribution in [0, 0.1) is 5.92 Å². The number of rotatable bonds is 4. The van der Waals surface area contributed by atoms with Gasteiger partial charge >= 0.3 is 0 Å². The van der Waals surface area contributed by atoms with E-state index in [1.54, 1.807) is 12.3 Å². The number of piperidine rings is 1. The fourth-order valence-corrected chi connectivity index (χ4v) is 6.19. The van der Waals surface area contributed by atoms with Crippen molar-refractivity contribution in [3.05, 3.63) is 40.9 Å². The van der Waals surface area contributed by atoms with E-state index in [-0.39, 0.29) is 5.91 Å². The fraction of sp³-hybridized carbons (Fsp3) is 0.478. The maximum Gasteiger partial charge on any atom is 0.253 e. The number of sulfonamides is 1. The smallest absolute Gasteiger partial charge is 0.253 e. The Labute approximate surface area is 183 Å². The summed E-state index contributed by atoms with van der Waals surface area (Å²) in [6.45, 7) is 0.591. The minimum atomic E-state index is -3.58. The standard InChI is InChI=1S/C23H27N4O3S/c28-22-23(26-21(25-22)18-5-2-1-3-6-18)11-14-27(15-12-23)31(29,30)16-10-17-7-4-8-20-19(17)9-13-24-20/h4,7-10,13,16,18H,1-3,5-6,11-12,14-15H2,(H,25,26,28). The Morgan fingerprint density at radius 3 is 2.68 bits per heavy atom. The number of carbonyl (C=O) groups excluding carboxylic acids is 1. The lowest BCUT2D eigenvalue weighted by Crippen LogP contribution is -2.50. The fourth-order valence-electron chi connectivity index (χ4n) is 5.01. The third-order valence-corrected chi connectivity index (χ3v) is 8.46. The van der Waals surface area contributed by atoms with E-state index in [0.717, 1.165) is 35.5 Å². The van der Waals surface area contributed by atoms with Gasteiger partial charge < -0.3 is 5.32 Å². The molecule has 1 saturated heterocycles. The van der Waals surface area contributed by atoms with Gasteiger partial charge in [-0.1, -0.05) is 31.4 Å². The van der Waals surface area contributed by atoms with Crippen LogP contribution in [0.15, 0.2) is 34.8 Å². The summed E-state index contributed by atoms with van der Waals surface area (Å²) in [6.07, 6.45) is 11.8. The van der Waals surface area contributed by atoms with E-state index >= 15 is 0 Å².